The van der Waals surface area contributed by atoms with Gasteiger partial charge in [0, 0.05) is 11.1 Å². The van der Waals surface area contributed by atoms with Gasteiger partial charge in [0.05, 0.1) is 12.3 Å². The number of nitrogens with one attached hydrogen (secondary N) is 1. The van der Waals surface area contributed by atoms with Crippen molar-refractivity contribution in [3.05, 3.63) is 23.2 Å². The van der Waals surface area contributed by atoms with Gasteiger partial charge in [-0.2, -0.15) is 0 Å². The monoisotopic (exact) mass is 295 g/mol. The van der Waals surface area contributed by atoms with Crippen molar-refractivity contribution in [2.75, 3.05) is 11.9 Å². The highest BCUT2D eigenvalue weighted by molar-refractivity contribution is 6.30. The zero-order valence-electron chi connectivity index (χ0n) is 13.0. The van der Waals surface area contributed by atoms with Crippen LogP contribution in [-0.4, -0.2) is 12.6 Å². The summed E-state index contributed by atoms with van der Waals surface area (Å²) in [5, 5.41) is 4.40. The molecule has 1 aliphatic rings. The first-order valence-electron chi connectivity index (χ1n) is 7.58. The quantitative estimate of drug-likeness (QED) is 0.807. The number of benzene rings is 1. The van der Waals surface area contributed by atoms with E-state index in [4.69, 9.17) is 16.3 Å². The largest absolute Gasteiger partial charge is 0.492 e. The summed E-state index contributed by atoms with van der Waals surface area (Å²) in [6.45, 7) is 9.74. The van der Waals surface area contributed by atoms with E-state index < -0.39 is 0 Å². The Morgan fingerprint density at radius 3 is 2.75 bits per heavy atom. The van der Waals surface area contributed by atoms with Gasteiger partial charge in [0.15, 0.2) is 0 Å². The molecule has 1 saturated carbocycles. The number of anilines is 1. The molecule has 3 heteroatoms. The van der Waals surface area contributed by atoms with Crippen LogP contribution in [0.2, 0.25) is 5.02 Å². The Morgan fingerprint density at radius 2 is 2.10 bits per heavy atom. The number of hydrogen-bond acceptors (Lipinski definition) is 2. The molecule has 2 unspecified atom stereocenters. The minimum atomic E-state index is 0.402. The molecule has 20 heavy (non-hydrogen) atoms. The summed E-state index contributed by atoms with van der Waals surface area (Å²) < 4.78 is 5.69. The van der Waals surface area contributed by atoms with Crippen LogP contribution in [0.5, 0.6) is 5.75 Å². The minimum absolute atomic E-state index is 0.402. The molecule has 1 aromatic carbocycles. The molecule has 0 saturated heterocycles. The van der Waals surface area contributed by atoms with Gasteiger partial charge in [0.25, 0.3) is 0 Å². The molecule has 0 spiro atoms. The summed E-state index contributed by atoms with van der Waals surface area (Å²) in [5.74, 6) is 1.65. The highest BCUT2D eigenvalue weighted by atomic mass is 35.5. The summed E-state index contributed by atoms with van der Waals surface area (Å²) >= 11 is 6.12. The molecule has 2 rings (SSSR count). The molecule has 2 nitrogen and oxygen atoms in total. The summed E-state index contributed by atoms with van der Waals surface area (Å²) in [6, 6.07) is 6.29. The van der Waals surface area contributed by atoms with Crippen LogP contribution in [0.1, 0.15) is 47.0 Å². The van der Waals surface area contributed by atoms with E-state index in [0.29, 0.717) is 18.1 Å². The third-order valence-electron chi connectivity index (χ3n) is 3.99. The maximum absolute atomic E-state index is 6.12. The van der Waals surface area contributed by atoms with Gasteiger partial charge in [-0.25, -0.2) is 0 Å². The summed E-state index contributed by atoms with van der Waals surface area (Å²) in [6.07, 6.45) is 3.70. The van der Waals surface area contributed by atoms with Gasteiger partial charge in [-0.05, 0) is 55.7 Å². The van der Waals surface area contributed by atoms with Gasteiger partial charge in [-0.15, -0.1) is 0 Å². The predicted octanol–water partition coefficient (Wildman–Crippen LogP) is 5.37. The molecule has 1 N–H and O–H groups in total. The molecule has 0 aromatic heterocycles. The fourth-order valence-electron chi connectivity index (χ4n) is 3.57. The summed E-state index contributed by atoms with van der Waals surface area (Å²) in [7, 11) is 0. The Bertz CT molecular complexity index is 458. The molecule has 1 fully saturated rings. The average molecular weight is 296 g/mol. The molecule has 0 heterocycles. The van der Waals surface area contributed by atoms with Gasteiger partial charge in [0.1, 0.15) is 5.75 Å². The third-order valence-corrected chi connectivity index (χ3v) is 4.22. The van der Waals surface area contributed by atoms with Crippen LogP contribution in [0.25, 0.3) is 0 Å². The van der Waals surface area contributed by atoms with Crippen molar-refractivity contribution in [1.82, 2.24) is 0 Å². The van der Waals surface area contributed by atoms with E-state index in [1.807, 2.05) is 25.1 Å². The van der Waals surface area contributed by atoms with Crippen LogP contribution in [0.3, 0.4) is 0 Å². The van der Waals surface area contributed by atoms with Crippen molar-refractivity contribution in [2.45, 2.75) is 53.0 Å². The van der Waals surface area contributed by atoms with Crippen molar-refractivity contribution in [2.24, 2.45) is 11.3 Å². The van der Waals surface area contributed by atoms with Crippen LogP contribution < -0.4 is 10.1 Å². The van der Waals surface area contributed by atoms with E-state index in [-0.39, 0.29) is 0 Å². The number of halogens is 1. The normalized spacial score (nSPS) is 25.2. The average Bonchev–Trinajstić information content (AvgIpc) is 2.30. The molecule has 0 radical (unpaired) electrons. The molecular weight excluding hydrogens is 270 g/mol. The SMILES string of the molecule is CCOc1ccc(Cl)cc1NC1CC(C)CC(C)(C)C1. The van der Waals surface area contributed by atoms with Gasteiger partial charge >= 0.3 is 0 Å². The van der Waals surface area contributed by atoms with Crippen LogP contribution in [0.15, 0.2) is 18.2 Å². The van der Waals surface area contributed by atoms with Crippen LogP contribution in [-0.2, 0) is 0 Å². The molecule has 1 aliphatic carbocycles. The van der Waals surface area contributed by atoms with E-state index in [0.717, 1.165) is 22.4 Å². The molecule has 0 bridgehead atoms. The molecule has 2 atom stereocenters. The maximum atomic E-state index is 6.12. The third kappa shape index (κ3) is 4.05. The van der Waals surface area contributed by atoms with E-state index in [9.17, 15) is 0 Å². The van der Waals surface area contributed by atoms with Crippen molar-refractivity contribution >= 4 is 17.3 Å². The van der Waals surface area contributed by atoms with Gasteiger partial charge in [0.2, 0.25) is 0 Å². The lowest BCUT2D eigenvalue weighted by atomic mass is 9.70. The lowest BCUT2D eigenvalue weighted by Crippen LogP contribution is -2.35. The number of ether oxygens (including phenoxy) is 1. The molecule has 1 aromatic rings. The molecule has 0 aliphatic heterocycles. The topological polar surface area (TPSA) is 21.3 Å². The Labute approximate surface area is 127 Å². The standard InChI is InChI=1S/C17H26ClNO/c1-5-20-16-7-6-13(18)9-15(16)19-14-8-12(2)10-17(3,4)11-14/h6-7,9,12,14,19H,5,8,10-11H2,1-4H3. The van der Waals surface area contributed by atoms with E-state index >= 15 is 0 Å². The Morgan fingerprint density at radius 1 is 1.35 bits per heavy atom. The maximum Gasteiger partial charge on any atom is 0.142 e. The Balaban J connectivity index is 2.14. The second-order valence-electron chi connectivity index (χ2n) is 6.83. The van der Waals surface area contributed by atoms with Crippen molar-refractivity contribution < 1.29 is 4.74 Å². The van der Waals surface area contributed by atoms with Gasteiger partial charge < -0.3 is 10.1 Å². The lowest BCUT2D eigenvalue weighted by molar-refractivity contribution is 0.177. The minimum Gasteiger partial charge on any atom is -0.492 e. The zero-order chi connectivity index (χ0) is 14.8. The Kier molecular flexibility index (Phi) is 4.85. The lowest BCUT2D eigenvalue weighted by Gasteiger charge is -2.39. The van der Waals surface area contributed by atoms with E-state index in [2.05, 4.69) is 26.1 Å². The Hall–Kier alpha value is -0.890. The zero-order valence-corrected chi connectivity index (χ0v) is 13.8. The highest BCUT2D eigenvalue weighted by Gasteiger charge is 2.32. The first-order valence-corrected chi connectivity index (χ1v) is 7.96. The summed E-state index contributed by atoms with van der Waals surface area (Å²) in [4.78, 5) is 0. The van der Waals surface area contributed by atoms with E-state index in [1.54, 1.807) is 0 Å². The highest BCUT2D eigenvalue weighted by Crippen LogP contribution is 2.40. The van der Waals surface area contributed by atoms with Crippen molar-refractivity contribution in [3.63, 3.8) is 0 Å². The first-order chi connectivity index (χ1) is 9.39. The van der Waals surface area contributed by atoms with E-state index in [1.165, 1.54) is 19.3 Å². The second-order valence-corrected chi connectivity index (χ2v) is 7.26. The first kappa shape index (κ1) is 15.5. The van der Waals surface area contributed by atoms with Crippen LogP contribution in [0, 0.1) is 11.3 Å². The number of hydrogen-bond donors (Lipinski definition) is 1. The predicted molar refractivity (Wildman–Crippen MR) is 86.8 cm³/mol. The van der Waals surface area contributed by atoms with Gasteiger partial charge in [-0.1, -0.05) is 32.4 Å². The fourth-order valence-corrected chi connectivity index (χ4v) is 3.74. The molecule has 112 valence electrons. The molecular formula is C17H26ClNO. The molecule has 0 amide bonds. The fraction of sp³-hybridized carbons (Fsp3) is 0.647. The second kappa shape index (κ2) is 6.26. The number of rotatable bonds is 4. The van der Waals surface area contributed by atoms with Gasteiger partial charge in [-0.3, -0.25) is 0 Å². The van der Waals surface area contributed by atoms with Crippen molar-refractivity contribution in [1.29, 1.82) is 0 Å². The van der Waals surface area contributed by atoms with Crippen molar-refractivity contribution in [3.8, 4) is 5.75 Å². The van der Waals surface area contributed by atoms with Crippen LogP contribution >= 0.6 is 11.6 Å². The smallest absolute Gasteiger partial charge is 0.142 e. The van der Waals surface area contributed by atoms with Crippen LogP contribution in [0.4, 0.5) is 5.69 Å². The summed E-state index contributed by atoms with van der Waals surface area (Å²) in [5.41, 5.74) is 1.42.